The first-order valence-electron chi connectivity index (χ1n) is 7.34. The molecule has 4 nitrogen and oxygen atoms in total. The summed E-state index contributed by atoms with van der Waals surface area (Å²) in [6, 6.07) is 2.16. The highest BCUT2D eigenvalue weighted by Gasteiger charge is 2.26. The molecule has 2 aromatic rings. The van der Waals surface area contributed by atoms with Crippen molar-refractivity contribution in [2.24, 2.45) is 5.41 Å². The van der Waals surface area contributed by atoms with Crippen LogP contribution in [0.5, 0.6) is 0 Å². The SMILES string of the molecule is CNc1nc(NC(C)(C)CC(C)(C)C)c2cc(C)sc2n1. The van der Waals surface area contributed by atoms with Gasteiger partial charge in [-0.25, -0.2) is 4.98 Å². The third kappa shape index (κ3) is 4.06. The molecule has 0 aliphatic rings. The average molecular weight is 306 g/mol. The van der Waals surface area contributed by atoms with Crippen molar-refractivity contribution < 1.29 is 0 Å². The molecule has 0 bridgehead atoms. The summed E-state index contributed by atoms with van der Waals surface area (Å²) in [5, 5.41) is 7.78. The van der Waals surface area contributed by atoms with Gasteiger partial charge in [-0.2, -0.15) is 4.98 Å². The van der Waals surface area contributed by atoms with Crippen LogP contribution in [0.15, 0.2) is 6.07 Å². The first-order valence-corrected chi connectivity index (χ1v) is 8.15. The number of hydrogen-bond acceptors (Lipinski definition) is 5. The zero-order valence-corrected chi connectivity index (χ0v) is 14.9. The van der Waals surface area contributed by atoms with E-state index in [-0.39, 0.29) is 11.0 Å². The van der Waals surface area contributed by atoms with Crippen molar-refractivity contribution >= 4 is 33.3 Å². The number of nitrogens with one attached hydrogen (secondary N) is 2. The van der Waals surface area contributed by atoms with Crippen LogP contribution in [-0.2, 0) is 0 Å². The van der Waals surface area contributed by atoms with Gasteiger partial charge in [-0.15, -0.1) is 11.3 Å². The molecule has 0 atom stereocenters. The van der Waals surface area contributed by atoms with E-state index < -0.39 is 0 Å². The summed E-state index contributed by atoms with van der Waals surface area (Å²) in [5.41, 5.74) is 0.236. The lowest BCUT2D eigenvalue weighted by Crippen LogP contribution is -2.35. The first-order chi connectivity index (χ1) is 9.59. The van der Waals surface area contributed by atoms with Crippen molar-refractivity contribution in [2.75, 3.05) is 17.7 Å². The predicted octanol–water partition coefficient (Wildman–Crippen LogP) is 4.67. The van der Waals surface area contributed by atoms with E-state index in [9.17, 15) is 0 Å². The predicted molar refractivity (Wildman–Crippen MR) is 93.5 cm³/mol. The third-order valence-electron chi connectivity index (χ3n) is 3.17. The molecule has 0 fully saturated rings. The fourth-order valence-electron chi connectivity index (χ4n) is 2.94. The van der Waals surface area contributed by atoms with Crippen LogP contribution in [0.3, 0.4) is 0 Å². The number of nitrogens with zero attached hydrogens (tertiary/aromatic N) is 2. The monoisotopic (exact) mass is 306 g/mol. The Bertz CT molecular complexity index is 637. The van der Waals surface area contributed by atoms with Gasteiger partial charge in [-0.1, -0.05) is 20.8 Å². The lowest BCUT2D eigenvalue weighted by atomic mass is 9.82. The lowest BCUT2D eigenvalue weighted by molar-refractivity contribution is 0.302. The average Bonchev–Trinajstić information content (AvgIpc) is 2.65. The fourth-order valence-corrected chi connectivity index (χ4v) is 3.82. The molecule has 0 radical (unpaired) electrons. The number of hydrogen-bond donors (Lipinski definition) is 2. The molecule has 0 aliphatic heterocycles. The van der Waals surface area contributed by atoms with Gasteiger partial charge in [-0.05, 0) is 38.7 Å². The van der Waals surface area contributed by atoms with Crippen LogP contribution in [0.4, 0.5) is 11.8 Å². The Balaban J connectivity index is 2.40. The van der Waals surface area contributed by atoms with E-state index in [0.717, 1.165) is 22.5 Å². The molecule has 2 heterocycles. The van der Waals surface area contributed by atoms with Crippen molar-refractivity contribution in [2.45, 2.75) is 53.5 Å². The number of anilines is 2. The highest BCUT2D eigenvalue weighted by atomic mass is 32.1. The molecule has 0 amide bonds. The molecule has 2 aromatic heterocycles. The van der Waals surface area contributed by atoms with Gasteiger partial charge in [-0.3, -0.25) is 0 Å². The Labute approximate surface area is 131 Å². The van der Waals surface area contributed by atoms with Gasteiger partial charge in [0.1, 0.15) is 10.6 Å². The highest BCUT2D eigenvalue weighted by molar-refractivity contribution is 7.18. The minimum Gasteiger partial charge on any atom is -0.364 e. The van der Waals surface area contributed by atoms with Crippen LogP contribution < -0.4 is 10.6 Å². The molecule has 21 heavy (non-hydrogen) atoms. The van der Waals surface area contributed by atoms with E-state index >= 15 is 0 Å². The maximum Gasteiger partial charge on any atom is 0.225 e. The normalized spacial score (nSPS) is 12.7. The smallest absolute Gasteiger partial charge is 0.225 e. The number of aromatic nitrogens is 2. The Morgan fingerprint density at radius 1 is 1.14 bits per heavy atom. The van der Waals surface area contributed by atoms with E-state index in [4.69, 9.17) is 0 Å². The standard InChI is InChI=1S/C16H26N4S/c1-10-8-11-12(18-14(17-7)19-13(11)21-10)20-16(5,6)9-15(2,3)4/h8H,9H2,1-7H3,(H2,17,18,19,20). The van der Waals surface area contributed by atoms with Gasteiger partial charge in [0.2, 0.25) is 5.95 Å². The van der Waals surface area contributed by atoms with Gasteiger partial charge in [0.25, 0.3) is 0 Å². The quantitative estimate of drug-likeness (QED) is 0.862. The molecular weight excluding hydrogens is 280 g/mol. The molecule has 2 rings (SSSR count). The van der Waals surface area contributed by atoms with Crippen molar-refractivity contribution in [3.8, 4) is 0 Å². The second kappa shape index (κ2) is 5.44. The van der Waals surface area contributed by atoms with E-state index in [0.29, 0.717) is 5.95 Å². The molecule has 0 saturated carbocycles. The molecule has 2 N–H and O–H groups in total. The van der Waals surface area contributed by atoms with Crippen LogP contribution in [-0.4, -0.2) is 22.6 Å². The third-order valence-corrected chi connectivity index (χ3v) is 4.11. The first kappa shape index (κ1) is 16.0. The summed E-state index contributed by atoms with van der Waals surface area (Å²) in [6.45, 7) is 13.4. The molecule has 0 aromatic carbocycles. The van der Waals surface area contributed by atoms with Gasteiger partial charge < -0.3 is 10.6 Å². The van der Waals surface area contributed by atoms with Crippen molar-refractivity contribution in [3.63, 3.8) is 0 Å². The Morgan fingerprint density at radius 2 is 1.81 bits per heavy atom. The summed E-state index contributed by atoms with van der Waals surface area (Å²) >= 11 is 1.70. The largest absolute Gasteiger partial charge is 0.364 e. The number of rotatable bonds is 4. The second-order valence-electron chi connectivity index (χ2n) is 7.47. The lowest BCUT2D eigenvalue weighted by Gasteiger charge is -2.34. The number of thiophene rings is 1. The van der Waals surface area contributed by atoms with E-state index in [1.807, 2.05) is 7.05 Å². The summed E-state index contributed by atoms with van der Waals surface area (Å²) in [7, 11) is 1.85. The van der Waals surface area contributed by atoms with Crippen molar-refractivity contribution in [1.82, 2.24) is 9.97 Å². The minimum atomic E-state index is -0.0274. The maximum absolute atomic E-state index is 4.62. The van der Waals surface area contributed by atoms with Gasteiger partial charge in [0.05, 0.1) is 5.39 Å². The van der Waals surface area contributed by atoms with Crippen molar-refractivity contribution in [1.29, 1.82) is 0 Å². The Hall–Kier alpha value is -1.36. The minimum absolute atomic E-state index is 0.0274. The molecule has 0 aliphatic carbocycles. The topological polar surface area (TPSA) is 49.8 Å². The summed E-state index contributed by atoms with van der Waals surface area (Å²) < 4.78 is 0. The zero-order chi connectivity index (χ0) is 15.8. The van der Waals surface area contributed by atoms with Gasteiger partial charge >= 0.3 is 0 Å². The van der Waals surface area contributed by atoms with Crippen LogP contribution in [0.1, 0.15) is 45.9 Å². The Kier molecular flexibility index (Phi) is 4.15. The van der Waals surface area contributed by atoms with Gasteiger partial charge in [0.15, 0.2) is 0 Å². The van der Waals surface area contributed by atoms with Crippen LogP contribution in [0.25, 0.3) is 10.2 Å². The number of fused-ring (bicyclic) bond motifs is 1. The summed E-state index contributed by atoms with van der Waals surface area (Å²) in [6.07, 6.45) is 1.06. The van der Waals surface area contributed by atoms with Crippen LogP contribution in [0.2, 0.25) is 0 Å². The maximum atomic E-state index is 4.62. The Morgan fingerprint density at radius 3 is 2.38 bits per heavy atom. The molecule has 0 spiro atoms. The molecule has 0 saturated heterocycles. The summed E-state index contributed by atoms with van der Waals surface area (Å²) in [5.74, 6) is 1.58. The summed E-state index contributed by atoms with van der Waals surface area (Å²) in [4.78, 5) is 11.4. The molecule has 116 valence electrons. The highest BCUT2D eigenvalue weighted by Crippen LogP contribution is 2.34. The second-order valence-corrected chi connectivity index (χ2v) is 8.70. The van der Waals surface area contributed by atoms with Crippen LogP contribution >= 0.6 is 11.3 Å². The van der Waals surface area contributed by atoms with E-state index in [1.54, 1.807) is 11.3 Å². The molecule has 0 unspecified atom stereocenters. The fraction of sp³-hybridized carbons (Fsp3) is 0.625. The van der Waals surface area contributed by atoms with Crippen LogP contribution in [0, 0.1) is 12.3 Å². The van der Waals surface area contributed by atoms with Crippen molar-refractivity contribution in [3.05, 3.63) is 10.9 Å². The van der Waals surface area contributed by atoms with Gasteiger partial charge in [0, 0.05) is 17.5 Å². The molecular formula is C16H26N4S. The van der Waals surface area contributed by atoms with E-state index in [2.05, 4.69) is 68.2 Å². The molecule has 5 heteroatoms. The number of aryl methyl sites for hydroxylation is 1. The zero-order valence-electron chi connectivity index (χ0n) is 14.1. The van der Waals surface area contributed by atoms with E-state index in [1.165, 1.54) is 4.88 Å².